The first-order chi connectivity index (χ1) is 9.43. The van der Waals surface area contributed by atoms with Crippen LogP contribution in [-0.2, 0) is 13.5 Å². The van der Waals surface area contributed by atoms with Crippen LogP contribution in [-0.4, -0.2) is 9.78 Å². The molecule has 1 unspecified atom stereocenters. The van der Waals surface area contributed by atoms with Crippen molar-refractivity contribution in [3.63, 3.8) is 0 Å². The lowest BCUT2D eigenvalue weighted by molar-refractivity contribution is 0.528. The number of halogens is 3. The van der Waals surface area contributed by atoms with E-state index in [4.69, 9.17) is 29.0 Å². The van der Waals surface area contributed by atoms with Gasteiger partial charge in [-0.1, -0.05) is 23.2 Å². The third-order valence-corrected chi connectivity index (χ3v) is 4.90. The van der Waals surface area contributed by atoms with E-state index in [9.17, 15) is 0 Å². The molecule has 20 heavy (non-hydrogen) atoms. The maximum absolute atomic E-state index is 6.29. The SMILES string of the molecule is Cc1nn(C)c(CC(NN)c2cc(Cl)ccc2I)c1Cl. The van der Waals surface area contributed by atoms with Gasteiger partial charge in [0.15, 0.2) is 0 Å². The molecule has 1 aromatic heterocycles. The molecular weight excluding hydrogens is 410 g/mol. The number of nitrogens with one attached hydrogen (secondary N) is 1. The van der Waals surface area contributed by atoms with E-state index >= 15 is 0 Å². The Balaban J connectivity index is 2.36. The van der Waals surface area contributed by atoms with E-state index < -0.39 is 0 Å². The van der Waals surface area contributed by atoms with Crippen LogP contribution >= 0.6 is 45.8 Å². The van der Waals surface area contributed by atoms with Crippen molar-refractivity contribution < 1.29 is 0 Å². The number of aryl methyl sites for hydroxylation is 2. The second-order valence-corrected chi connectivity index (χ2v) is 6.54. The molecule has 2 rings (SSSR count). The molecule has 0 aliphatic carbocycles. The molecule has 0 saturated carbocycles. The summed E-state index contributed by atoms with van der Waals surface area (Å²) < 4.78 is 2.89. The van der Waals surface area contributed by atoms with Crippen molar-refractivity contribution in [1.82, 2.24) is 15.2 Å². The first-order valence-electron chi connectivity index (χ1n) is 6.03. The van der Waals surface area contributed by atoms with Gasteiger partial charge in [0.2, 0.25) is 0 Å². The van der Waals surface area contributed by atoms with Gasteiger partial charge in [-0.2, -0.15) is 5.10 Å². The summed E-state index contributed by atoms with van der Waals surface area (Å²) in [6.45, 7) is 1.89. The molecule has 0 spiro atoms. The minimum Gasteiger partial charge on any atom is -0.271 e. The molecule has 0 aliphatic rings. The summed E-state index contributed by atoms with van der Waals surface area (Å²) in [7, 11) is 1.88. The highest BCUT2D eigenvalue weighted by Crippen LogP contribution is 2.29. The monoisotopic (exact) mass is 424 g/mol. The Morgan fingerprint density at radius 3 is 2.70 bits per heavy atom. The van der Waals surface area contributed by atoms with Crippen molar-refractivity contribution in [2.24, 2.45) is 12.9 Å². The molecule has 0 bridgehead atoms. The number of hydrazine groups is 1. The Bertz CT molecular complexity index is 627. The van der Waals surface area contributed by atoms with Gasteiger partial charge >= 0.3 is 0 Å². The van der Waals surface area contributed by atoms with Crippen LogP contribution in [0.25, 0.3) is 0 Å². The van der Waals surface area contributed by atoms with Crippen LogP contribution in [0.1, 0.15) is 23.0 Å². The van der Waals surface area contributed by atoms with Gasteiger partial charge in [-0.25, -0.2) is 0 Å². The molecule has 108 valence electrons. The molecule has 4 nitrogen and oxygen atoms in total. The molecule has 0 radical (unpaired) electrons. The normalized spacial score (nSPS) is 12.7. The molecule has 1 aromatic carbocycles. The Kier molecular flexibility index (Phi) is 5.30. The molecule has 2 aromatic rings. The number of hydrogen-bond acceptors (Lipinski definition) is 3. The topological polar surface area (TPSA) is 55.9 Å². The lowest BCUT2D eigenvalue weighted by Crippen LogP contribution is -2.30. The summed E-state index contributed by atoms with van der Waals surface area (Å²) in [5, 5.41) is 5.69. The van der Waals surface area contributed by atoms with Gasteiger partial charge in [-0.05, 0) is 53.3 Å². The minimum atomic E-state index is -0.0760. The number of aromatic nitrogens is 2. The highest BCUT2D eigenvalue weighted by molar-refractivity contribution is 14.1. The molecule has 0 aliphatic heterocycles. The van der Waals surface area contributed by atoms with Gasteiger partial charge in [-0.15, -0.1) is 0 Å². The van der Waals surface area contributed by atoms with E-state index in [1.165, 1.54) is 0 Å². The third-order valence-electron chi connectivity index (χ3n) is 3.19. The maximum atomic E-state index is 6.29. The zero-order valence-corrected chi connectivity index (χ0v) is 14.8. The van der Waals surface area contributed by atoms with E-state index in [0.717, 1.165) is 20.5 Å². The van der Waals surface area contributed by atoms with Gasteiger partial charge in [0, 0.05) is 22.1 Å². The fourth-order valence-electron chi connectivity index (χ4n) is 2.14. The van der Waals surface area contributed by atoms with E-state index in [1.54, 1.807) is 4.68 Å². The van der Waals surface area contributed by atoms with Crippen molar-refractivity contribution in [2.45, 2.75) is 19.4 Å². The van der Waals surface area contributed by atoms with E-state index in [1.807, 2.05) is 32.2 Å². The summed E-state index contributed by atoms with van der Waals surface area (Å²) in [6, 6.07) is 5.68. The summed E-state index contributed by atoms with van der Waals surface area (Å²) >= 11 is 14.6. The fraction of sp³-hybridized carbons (Fsp3) is 0.308. The van der Waals surface area contributed by atoms with Gasteiger partial charge < -0.3 is 0 Å². The van der Waals surface area contributed by atoms with Crippen LogP contribution in [0, 0.1) is 10.5 Å². The summed E-state index contributed by atoms with van der Waals surface area (Å²) in [5.41, 5.74) is 5.65. The Hall–Kier alpha value is -0.340. The third kappa shape index (κ3) is 3.28. The maximum Gasteiger partial charge on any atom is 0.0847 e. The highest BCUT2D eigenvalue weighted by atomic mass is 127. The highest BCUT2D eigenvalue weighted by Gasteiger charge is 2.19. The zero-order chi connectivity index (χ0) is 14.9. The Labute approximate surface area is 141 Å². The Morgan fingerprint density at radius 2 is 2.15 bits per heavy atom. The quantitative estimate of drug-likeness (QED) is 0.449. The smallest absolute Gasteiger partial charge is 0.0847 e. The van der Waals surface area contributed by atoms with Gasteiger partial charge in [0.05, 0.1) is 22.5 Å². The van der Waals surface area contributed by atoms with Crippen molar-refractivity contribution in [1.29, 1.82) is 0 Å². The number of hydrogen-bond donors (Lipinski definition) is 2. The van der Waals surface area contributed by atoms with Crippen LogP contribution in [0.15, 0.2) is 18.2 Å². The van der Waals surface area contributed by atoms with Crippen LogP contribution in [0.4, 0.5) is 0 Å². The van der Waals surface area contributed by atoms with E-state index in [0.29, 0.717) is 16.5 Å². The number of benzene rings is 1. The van der Waals surface area contributed by atoms with Gasteiger partial charge in [0.25, 0.3) is 0 Å². The van der Waals surface area contributed by atoms with E-state index in [2.05, 4.69) is 33.1 Å². The van der Waals surface area contributed by atoms with Crippen molar-refractivity contribution in [2.75, 3.05) is 0 Å². The van der Waals surface area contributed by atoms with Crippen LogP contribution in [0.5, 0.6) is 0 Å². The average Bonchev–Trinajstić information content (AvgIpc) is 2.65. The standard InChI is InChI=1S/C13H15Cl2IN4/c1-7-13(15)12(20(2)19-7)6-11(18-17)9-5-8(14)3-4-10(9)16/h3-5,11,18H,6,17H2,1-2H3. The molecule has 1 heterocycles. The second kappa shape index (κ2) is 6.62. The predicted molar refractivity (Wildman–Crippen MR) is 90.9 cm³/mol. The second-order valence-electron chi connectivity index (χ2n) is 4.56. The lowest BCUT2D eigenvalue weighted by Gasteiger charge is -2.18. The number of nitrogens with zero attached hydrogens (tertiary/aromatic N) is 2. The average molecular weight is 425 g/mol. The largest absolute Gasteiger partial charge is 0.271 e. The number of rotatable bonds is 4. The summed E-state index contributed by atoms with van der Waals surface area (Å²) in [6.07, 6.45) is 0.642. The fourth-order valence-corrected chi connectivity index (χ4v) is 3.26. The van der Waals surface area contributed by atoms with Gasteiger partial charge in [0.1, 0.15) is 0 Å². The van der Waals surface area contributed by atoms with E-state index in [-0.39, 0.29) is 6.04 Å². The lowest BCUT2D eigenvalue weighted by atomic mass is 10.0. The van der Waals surface area contributed by atoms with Crippen LogP contribution in [0.3, 0.4) is 0 Å². The molecule has 7 heteroatoms. The number of nitrogens with two attached hydrogens (primary N) is 1. The molecule has 0 fully saturated rings. The molecule has 0 amide bonds. The molecular formula is C13H15Cl2IN4. The van der Waals surface area contributed by atoms with Crippen molar-refractivity contribution >= 4 is 45.8 Å². The summed E-state index contributed by atoms with van der Waals surface area (Å²) in [4.78, 5) is 0. The predicted octanol–water partition coefficient (Wildman–Crippen LogP) is 3.39. The Morgan fingerprint density at radius 1 is 1.45 bits per heavy atom. The van der Waals surface area contributed by atoms with Gasteiger partial charge in [-0.3, -0.25) is 16.0 Å². The minimum absolute atomic E-state index is 0.0760. The molecule has 1 atom stereocenters. The first kappa shape index (κ1) is 16.0. The van der Waals surface area contributed by atoms with Crippen LogP contribution < -0.4 is 11.3 Å². The van der Waals surface area contributed by atoms with Crippen molar-refractivity contribution in [3.8, 4) is 0 Å². The molecule has 0 saturated heterocycles. The zero-order valence-electron chi connectivity index (χ0n) is 11.1. The summed E-state index contributed by atoms with van der Waals surface area (Å²) in [5.74, 6) is 5.71. The first-order valence-corrected chi connectivity index (χ1v) is 7.86. The van der Waals surface area contributed by atoms with Crippen LogP contribution in [0.2, 0.25) is 10.0 Å². The molecule has 3 N–H and O–H groups in total. The van der Waals surface area contributed by atoms with Crippen molar-refractivity contribution in [3.05, 3.63) is 48.8 Å².